The minimum atomic E-state index is -0.848. The first-order valence-electron chi connectivity index (χ1n) is 10.2. The van der Waals surface area contributed by atoms with E-state index in [-0.39, 0.29) is 34.9 Å². The number of halogens is 1. The third-order valence-corrected chi connectivity index (χ3v) is 5.66. The van der Waals surface area contributed by atoms with Crippen LogP contribution in [0.2, 0.25) is 0 Å². The second kappa shape index (κ2) is 8.71. The Hall–Kier alpha value is -4.25. The van der Waals surface area contributed by atoms with E-state index in [1.165, 1.54) is 18.2 Å². The molecule has 0 saturated carbocycles. The van der Waals surface area contributed by atoms with Crippen LogP contribution in [0, 0.1) is 24.1 Å². The van der Waals surface area contributed by atoms with Crippen LogP contribution in [0.3, 0.4) is 0 Å². The van der Waals surface area contributed by atoms with Crippen molar-refractivity contribution in [3.05, 3.63) is 98.5 Å². The van der Waals surface area contributed by atoms with Crippen molar-refractivity contribution in [3.8, 4) is 23.3 Å². The van der Waals surface area contributed by atoms with Gasteiger partial charge in [-0.05, 0) is 42.3 Å². The number of fused-ring (bicyclic) bond motifs is 1. The number of aryl methyl sites for hydroxylation is 1. The lowest BCUT2D eigenvalue weighted by Crippen LogP contribution is -2.33. The molecule has 1 aliphatic heterocycles. The summed E-state index contributed by atoms with van der Waals surface area (Å²) < 4.78 is 31.9. The lowest BCUT2D eigenvalue weighted by molar-refractivity contribution is 0.354. The third-order valence-electron chi connectivity index (χ3n) is 5.66. The summed E-state index contributed by atoms with van der Waals surface area (Å²) in [5, 5.41) is 9.75. The molecule has 1 atom stereocenters. The quantitative estimate of drug-likeness (QED) is 0.642. The molecule has 0 bridgehead atoms. The zero-order valence-corrected chi connectivity index (χ0v) is 18.4. The Kier molecular flexibility index (Phi) is 5.80. The number of hydrogen-bond acceptors (Lipinski definition) is 6. The summed E-state index contributed by atoms with van der Waals surface area (Å²) in [5.41, 5.74) is 7.83. The van der Waals surface area contributed by atoms with E-state index in [9.17, 15) is 14.4 Å². The number of rotatable bonds is 5. The third kappa shape index (κ3) is 3.89. The summed E-state index contributed by atoms with van der Waals surface area (Å²) in [6, 6.07) is 14.9. The van der Waals surface area contributed by atoms with E-state index in [4.69, 9.17) is 19.9 Å². The molecule has 2 N–H and O–H groups in total. The monoisotopic (exact) mass is 447 g/mol. The van der Waals surface area contributed by atoms with E-state index in [0.717, 1.165) is 5.56 Å². The maximum Gasteiger partial charge on any atom is 0.259 e. The predicted molar refractivity (Wildman–Crippen MR) is 120 cm³/mol. The fourth-order valence-electron chi connectivity index (χ4n) is 4.06. The maximum atomic E-state index is 14.0. The van der Waals surface area contributed by atoms with Gasteiger partial charge in [-0.25, -0.2) is 4.39 Å². The van der Waals surface area contributed by atoms with Crippen LogP contribution in [0.5, 0.6) is 17.2 Å². The highest BCUT2D eigenvalue weighted by atomic mass is 19.1. The number of nitriles is 1. The van der Waals surface area contributed by atoms with Crippen LogP contribution in [-0.4, -0.2) is 18.8 Å². The van der Waals surface area contributed by atoms with Crippen molar-refractivity contribution in [1.29, 1.82) is 5.26 Å². The topological polar surface area (TPSA) is 99.5 Å². The van der Waals surface area contributed by atoms with Crippen LogP contribution in [0.4, 0.5) is 4.39 Å². The van der Waals surface area contributed by atoms with E-state index in [1.54, 1.807) is 50.0 Å². The molecule has 0 aliphatic carbocycles. The predicted octanol–water partition coefficient (Wildman–Crippen LogP) is 3.58. The van der Waals surface area contributed by atoms with Gasteiger partial charge in [-0.15, -0.1) is 0 Å². The maximum absolute atomic E-state index is 14.0. The number of hydrogen-bond donors (Lipinski definition) is 1. The highest BCUT2D eigenvalue weighted by molar-refractivity contribution is 5.55. The van der Waals surface area contributed by atoms with Gasteiger partial charge in [0.05, 0.1) is 32.2 Å². The van der Waals surface area contributed by atoms with Crippen LogP contribution in [-0.2, 0) is 6.54 Å². The fourth-order valence-corrected chi connectivity index (χ4v) is 4.06. The smallest absolute Gasteiger partial charge is 0.259 e. The van der Waals surface area contributed by atoms with E-state index < -0.39 is 11.7 Å². The van der Waals surface area contributed by atoms with Crippen molar-refractivity contribution < 1.29 is 18.6 Å². The summed E-state index contributed by atoms with van der Waals surface area (Å²) in [5.74, 6) is -0.0485. The molecule has 33 heavy (non-hydrogen) atoms. The van der Waals surface area contributed by atoms with Gasteiger partial charge in [0.1, 0.15) is 23.2 Å². The van der Waals surface area contributed by atoms with Gasteiger partial charge < -0.3 is 24.5 Å². The van der Waals surface area contributed by atoms with E-state index in [1.807, 2.05) is 12.1 Å². The summed E-state index contributed by atoms with van der Waals surface area (Å²) in [6.45, 7) is 2.03. The van der Waals surface area contributed by atoms with Crippen LogP contribution in [0.15, 0.2) is 64.8 Å². The molecule has 7 nitrogen and oxygen atoms in total. The van der Waals surface area contributed by atoms with Crippen molar-refractivity contribution in [3.63, 3.8) is 0 Å². The Morgan fingerprint density at radius 1 is 1.15 bits per heavy atom. The lowest BCUT2D eigenvalue weighted by Gasteiger charge is -2.27. The molecule has 0 spiro atoms. The number of benzene rings is 2. The van der Waals surface area contributed by atoms with Crippen LogP contribution in [0.1, 0.15) is 28.3 Å². The van der Waals surface area contributed by atoms with E-state index in [2.05, 4.69) is 0 Å². The normalized spacial score (nSPS) is 14.8. The fraction of sp³-hybridized carbons (Fsp3) is 0.200. The van der Waals surface area contributed by atoms with Crippen LogP contribution in [0.25, 0.3) is 0 Å². The first-order valence-corrected chi connectivity index (χ1v) is 10.2. The molecule has 1 unspecified atom stereocenters. The number of nitrogens with zero attached hydrogens (tertiary/aromatic N) is 2. The Balaban J connectivity index is 1.88. The molecule has 0 amide bonds. The molecule has 4 rings (SSSR count). The standard InChI is InChI=1S/C25H22FN3O4/c1-14-9-21-23(22(18(12-27)24(28)33-21)16-5-4-6-17(26)11-16)25(30)29(14)13-15-7-8-19(31-2)20(10-15)32-3/h4-11,22H,13,28H2,1-3H3. The molecule has 1 aromatic heterocycles. The number of methoxy groups -OCH3 is 2. The molecule has 8 heteroatoms. The van der Waals surface area contributed by atoms with Gasteiger partial charge in [-0.3, -0.25) is 4.79 Å². The zero-order chi connectivity index (χ0) is 23.7. The molecule has 0 saturated heterocycles. The van der Waals surface area contributed by atoms with Gasteiger partial charge >= 0.3 is 0 Å². The molecule has 2 heterocycles. The number of allylic oxidation sites excluding steroid dienone is 1. The lowest BCUT2D eigenvalue weighted by atomic mass is 9.84. The largest absolute Gasteiger partial charge is 0.493 e. The molecule has 168 valence electrons. The Morgan fingerprint density at radius 2 is 1.91 bits per heavy atom. The van der Waals surface area contributed by atoms with Crippen molar-refractivity contribution in [2.45, 2.75) is 19.4 Å². The van der Waals surface area contributed by atoms with E-state index in [0.29, 0.717) is 22.8 Å². The summed E-state index contributed by atoms with van der Waals surface area (Å²) in [4.78, 5) is 13.7. The highest BCUT2D eigenvalue weighted by Gasteiger charge is 2.34. The van der Waals surface area contributed by atoms with E-state index >= 15 is 0 Å². The van der Waals surface area contributed by atoms with Gasteiger partial charge in [0.15, 0.2) is 11.5 Å². The first-order chi connectivity index (χ1) is 15.9. The second-order valence-electron chi connectivity index (χ2n) is 7.62. The van der Waals surface area contributed by atoms with Crippen molar-refractivity contribution in [1.82, 2.24) is 4.57 Å². The van der Waals surface area contributed by atoms with Gasteiger partial charge in [-0.2, -0.15) is 5.26 Å². The molecular formula is C25H22FN3O4. The average molecular weight is 447 g/mol. The number of ether oxygens (including phenoxy) is 3. The SMILES string of the molecule is COc1ccc(Cn2c(C)cc3c(c2=O)C(c2cccc(F)c2)C(C#N)=C(N)O3)cc1OC. The van der Waals surface area contributed by atoms with Gasteiger partial charge in [0, 0.05) is 11.8 Å². The van der Waals surface area contributed by atoms with Crippen molar-refractivity contribution >= 4 is 0 Å². The molecular weight excluding hydrogens is 425 g/mol. The van der Waals surface area contributed by atoms with Gasteiger partial charge in [0.25, 0.3) is 5.56 Å². The Morgan fingerprint density at radius 3 is 2.58 bits per heavy atom. The number of aromatic nitrogens is 1. The van der Waals surface area contributed by atoms with Gasteiger partial charge in [0.2, 0.25) is 5.88 Å². The minimum absolute atomic E-state index is 0.0618. The molecule has 2 aromatic carbocycles. The minimum Gasteiger partial charge on any atom is -0.493 e. The molecule has 3 aromatic rings. The Labute approximate surface area is 190 Å². The Bertz CT molecular complexity index is 1370. The molecule has 0 radical (unpaired) electrons. The number of pyridine rings is 1. The second-order valence-corrected chi connectivity index (χ2v) is 7.62. The van der Waals surface area contributed by atoms with Gasteiger partial charge in [-0.1, -0.05) is 18.2 Å². The van der Waals surface area contributed by atoms with Crippen LogP contribution >= 0.6 is 0 Å². The summed E-state index contributed by atoms with van der Waals surface area (Å²) >= 11 is 0. The van der Waals surface area contributed by atoms with Crippen molar-refractivity contribution in [2.75, 3.05) is 14.2 Å². The summed E-state index contributed by atoms with van der Waals surface area (Å²) in [6.07, 6.45) is 0. The average Bonchev–Trinajstić information content (AvgIpc) is 2.80. The number of nitrogens with two attached hydrogens (primary N) is 1. The zero-order valence-electron chi connectivity index (χ0n) is 18.4. The first kappa shape index (κ1) is 22.0. The molecule has 1 aliphatic rings. The molecule has 0 fully saturated rings. The van der Waals surface area contributed by atoms with Crippen LogP contribution < -0.4 is 25.5 Å². The van der Waals surface area contributed by atoms with Crippen molar-refractivity contribution in [2.24, 2.45) is 5.73 Å². The highest BCUT2D eigenvalue weighted by Crippen LogP contribution is 2.40. The summed E-state index contributed by atoms with van der Waals surface area (Å²) in [7, 11) is 3.09.